The number of anilines is 2. The number of nitrogens with zero attached hydrogens (tertiary/aromatic N) is 1. The van der Waals surface area contributed by atoms with Crippen LogP contribution >= 0.6 is 11.6 Å². The Morgan fingerprint density at radius 3 is 2.38 bits per heavy atom. The van der Waals surface area contributed by atoms with Crippen LogP contribution in [-0.4, -0.2) is 36.1 Å². The fourth-order valence-electron chi connectivity index (χ4n) is 4.06. The number of benzene rings is 3. The Morgan fingerprint density at radius 1 is 0.973 bits per heavy atom. The third-order valence-corrected chi connectivity index (χ3v) is 5.75. The Bertz CT molecular complexity index is 1350. The first-order chi connectivity index (χ1) is 17.6. The van der Waals surface area contributed by atoms with Crippen LogP contribution in [0.2, 0.25) is 5.02 Å². The summed E-state index contributed by atoms with van der Waals surface area (Å²) in [5.74, 6) is -1.02. The maximum absolute atomic E-state index is 13.8. The molecular weight excluding hydrogens is 490 g/mol. The SMILES string of the molecule is CC(C)(C)OC(=O)CN1C(=O)C(NC(=O)Nc2cccc(Cl)c2)C=C(c2ccccc2)c2ccccc21. The Hall–Kier alpha value is -4.10. The summed E-state index contributed by atoms with van der Waals surface area (Å²) in [6.45, 7) is 4.99. The first-order valence-electron chi connectivity index (χ1n) is 11.8. The molecule has 0 saturated heterocycles. The third kappa shape index (κ3) is 6.57. The van der Waals surface area contributed by atoms with Crippen molar-refractivity contribution in [2.45, 2.75) is 32.4 Å². The fraction of sp³-hybridized carbons (Fsp3) is 0.207. The molecule has 190 valence electrons. The van der Waals surface area contributed by atoms with E-state index in [4.69, 9.17) is 16.3 Å². The van der Waals surface area contributed by atoms with Crippen molar-refractivity contribution in [2.24, 2.45) is 0 Å². The molecule has 0 aromatic heterocycles. The molecule has 0 aliphatic carbocycles. The van der Waals surface area contributed by atoms with Crippen molar-refractivity contribution in [3.05, 3.63) is 101 Å². The predicted octanol–water partition coefficient (Wildman–Crippen LogP) is 5.65. The van der Waals surface area contributed by atoms with Crippen molar-refractivity contribution >= 4 is 46.5 Å². The lowest BCUT2D eigenvalue weighted by molar-refractivity contribution is -0.153. The molecule has 1 unspecified atom stereocenters. The quantitative estimate of drug-likeness (QED) is 0.428. The Kier molecular flexibility index (Phi) is 7.64. The second-order valence-corrected chi connectivity index (χ2v) is 10.00. The van der Waals surface area contributed by atoms with Gasteiger partial charge in [0.2, 0.25) is 0 Å². The molecule has 0 spiro atoms. The van der Waals surface area contributed by atoms with E-state index >= 15 is 0 Å². The number of fused-ring (bicyclic) bond motifs is 1. The number of halogens is 1. The number of nitrogens with one attached hydrogen (secondary N) is 2. The average molecular weight is 518 g/mol. The van der Waals surface area contributed by atoms with Crippen LogP contribution in [0.5, 0.6) is 0 Å². The number of carbonyl (C=O) groups is 3. The zero-order valence-electron chi connectivity index (χ0n) is 20.8. The molecule has 37 heavy (non-hydrogen) atoms. The molecule has 0 saturated carbocycles. The summed E-state index contributed by atoms with van der Waals surface area (Å²) in [6, 6.07) is 21.9. The molecule has 7 nitrogen and oxygen atoms in total. The first kappa shape index (κ1) is 26.0. The van der Waals surface area contributed by atoms with Crippen LogP contribution in [0, 0.1) is 0 Å². The summed E-state index contributed by atoms with van der Waals surface area (Å²) in [6.07, 6.45) is 1.71. The van der Waals surface area contributed by atoms with Gasteiger partial charge in [-0.25, -0.2) is 4.79 Å². The molecule has 2 N–H and O–H groups in total. The number of hydrogen-bond acceptors (Lipinski definition) is 4. The van der Waals surface area contributed by atoms with Crippen molar-refractivity contribution in [1.29, 1.82) is 0 Å². The summed E-state index contributed by atoms with van der Waals surface area (Å²) >= 11 is 6.03. The van der Waals surface area contributed by atoms with Gasteiger partial charge >= 0.3 is 12.0 Å². The van der Waals surface area contributed by atoms with Gasteiger partial charge in [0.1, 0.15) is 18.2 Å². The highest BCUT2D eigenvalue weighted by Crippen LogP contribution is 2.35. The van der Waals surface area contributed by atoms with Crippen LogP contribution in [-0.2, 0) is 14.3 Å². The van der Waals surface area contributed by atoms with Crippen LogP contribution in [0.3, 0.4) is 0 Å². The van der Waals surface area contributed by atoms with Gasteiger partial charge < -0.3 is 15.4 Å². The van der Waals surface area contributed by atoms with Gasteiger partial charge in [-0.05, 0) is 62.2 Å². The van der Waals surface area contributed by atoms with Crippen molar-refractivity contribution in [2.75, 3.05) is 16.8 Å². The number of hydrogen-bond donors (Lipinski definition) is 2. The van der Waals surface area contributed by atoms with E-state index in [-0.39, 0.29) is 6.54 Å². The van der Waals surface area contributed by atoms with Gasteiger partial charge in [-0.1, -0.05) is 66.2 Å². The minimum absolute atomic E-state index is 0.308. The predicted molar refractivity (Wildman–Crippen MR) is 146 cm³/mol. The summed E-state index contributed by atoms with van der Waals surface area (Å²) in [5.41, 5.74) is 2.69. The van der Waals surface area contributed by atoms with Crippen molar-refractivity contribution < 1.29 is 19.1 Å². The van der Waals surface area contributed by atoms with Gasteiger partial charge in [0.25, 0.3) is 5.91 Å². The highest BCUT2D eigenvalue weighted by atomic mass is 35.5. The highest BCUT2D eigenvalue weighted by Gasteiger charge is 2.34. The molecule has 0 radical (unpaired) electrons. The molecule has 1 aliphatic heterocycles. The van der Waals surface area contributed by atoms with Gasteiger partial charge in [0, 0.05) is 16.3 Å². The summed E-state index contributed by atoms with van der Waals surface area (Å²) in [5, 5.41) is 5.92. The minimum atomic E-state index is -1.07. The lowest BCUT2D eigenvalue weighted by Gasteiger charge is -2.27. The zero-order chi connectivity index (χ0) is 26.6. The van der Waals surface area contributed by atoms with E-state index in [0.717, 1.165) is 16.7 Å². The normalized spacial score (nSPS) is 15.2. The van der Waals surface area contributed by atoms with Crippen LogP contribution < -0.4 is 15.5 Å². The van der Waals surface area contributed by atoms with Gasteiger partial charge in [-0.3, -0.25) is 14.5 Å². The Balaban J connectivity index is 1.73. The molecule has 8 heteroatoms. The second-order valence-electron chi connectivity index (χ2n) is 9.56. The first-order valence-corrected chi connectivity index (χ1v) is 12.2. The number of para-hydroxylation sites is 1. The molecule has 3 aromatic carbocycles. The third-order valence-electron chi connectivity index (χ3n) is 5.51. The van der Waals surface area contributed by atoms with Gasteiger partial charge in [-0.2, -0.15) is 0 Å². The number of rotatable bonds is 5. The lowest BCUT2D eigenvalue weighted by Crippen LogP contribution is -2.50. The van der Waals surface area contributed by atoms with Crippen LogP contribution in [0.15, 0.2) is 84.9 Å². The molecule has 1 aliphatic rings. The molecular formula is C29H28ClN3O4. The molecule has 1 atom stereocenters. The van der Waals surface area contributed by atoms with Gasteiger partial charge in [0.15, 0.2) is 0 Å². The zero-order valence-corrected chi connectivity index (χ0v) is 21.6. The number of urea groups is 1. The smallest absolute Gasteiger partial charge is 0.326 e. The van der Waals surface area contributed by atoms with E-state index in [1.54, 1.807) is 63.2 Å². The minimum Gasteiger partial charge on any atom is -0.459 e. The average Bonchev–Trinajstić information content (AvgIpc) is 2.94. The van der Waals surface area contributed by atoms with E-state index in [0.29, 0.717) is 16.4 Å². The van der Waals surface area contributed by atoms with E-state index in [2.05, 4.69) is 10.6 Å². The monoisotopic (exact) mass is 517 g/mol. The van der Waals surface area contributed by atoms with Crippen LogP contribution in [0.1, 0.15) is 31.9 Å². The van der Waals surface area contributed by atoms with Gasteiger partial charge in [-0.15, -0.1) is 0 Å². The summed E-state index contributed by atoms with van der Waals surface area (Å²) in [7, 11) is 0. The van der Waals surface area contributed by atoms with Crippen molar-refractivity contribution in [3.8, 4) is 0 Å². The summed E-state index contributed by atoms with van der Waals surface area (Å²) < 4.78 is 5.50. The van der Waals surface area contributed by atoms with Crippen LogP contribution in [0.25, 0.3) is 5.57 Å². The number of ether oxygens (including phenoxy) is 1. The Labute approximate surface area is 221 Å². The number of amides is 3. The molecule has 0 bridgehead atoms. The highest BCUT2D eigenvalue weighted by molar-refractivity contribution is 6.30. The standard InChI is InChI=1S/C29H28ClN3O4/c1-29(2,3)37-26(34)18-33-25-15-8-7-14-22(25)23(19-10-5-4-6-11-19)17-24(27(33)35)32-28(36)31-21-13-9-12-20(30)16-21/h4-17,24H,18H2,1-3H3,(H2,31,32,36). The number of esters is 1. The van der Waals surface area contributed by atoms with Crippen LogP contribution in [0.4, 0.5) is 16.2 Å². The van der Waals surface area contributed by atoms with E-state index < -0.39 is 29.6 Å². The molecule has 4 rings (SSSR count). The fourth-order valence-corrected chi connectivity index (χ4v) is 4.25. The molecule has 3 amide bonds. The topological polar surface area (TPSA) is 87.7 Å². The van der Waals surface area contributed by atoms with E-state index in [1.807, 2.05) is 42.5 Å². The summed E-state index contributed by atoms with van der Waals surface area (Å²) in [4.78, 5) is 40.9. The largest absolute Gasteiger partial charge is 0.459 e. The van der Waals surface area contributed by atoms with Crippen molar-refractivity contribution in [1.82, 2.24) is 5.32 Å². The van der Waals surface area contributed by atoms with E-state index in [9.17, 15) is 14.4 Å². The molecule has 3 aromatic rings. The maximum Gasteiger partial charge on any atom is 0.326 e. The maximum atomic E-state index is 13.8. The van der Waals surface area contributed by atoms with Crippen molar-refractivity contribution in [3.63, 3.8) is 0 Å². The number of carbonyl (C=O) groups excluding carboxylic acids is 3. The Morgan fingerprint density at radius 2 is 1.68 bits per heavy atom. The van der Waals surface area contributed by atoms with Gasteiger partial charge in [0.05, 0.1) is 5.69 Å². The molecule has 1 heterocycles. The lowest BCUT2D eigenvalue weighted by atomic mass is 9.95. The van der Waals surface area contributed by atoms with E-state index in [1.165, 1.54) is 4.90 Å². The molecule has 0 fully saturated rings. The second kappa shape index (κ2) is 10.9.